The van der Waals surface area contributed by atoms with Crippen molar-refractivity contribution in [2.45, 2.75) is 32.6 Å². The third-order valence-electron chi connectivity index (χ3n) is 3.31. The summed E-state index contributed by atoms with van der Waals surface area (Å²) in [6.45, 7) is 3.57. The van der Waals surface area contributed by atoms with Gasteiger partial charge in [0.05, 0.1) is 0 Å². The quantitative estimate of drug-likeness (QED) is 0.905. The van der Waals surface area contributed by atoms with Gasteiger partial charge in [-0.25, -0.2) is 0 Å². The lowest BCUT2D eigenvalue weighted by Crippen LogP contribution is -2.33. The first-order valence-corrected chi connectivity index (χ1v) is 6.85. The van der Waals surface area contributed by atoms with Gasteiger partial charge in [-0.05, 0) is 30.7 Å². The van der Waals surface area contributed by atoms with Crippen molar-refractivity contribution in [1.82, 2.24) is 0 Å². The van der Waals surface area contributed by atoms with Crippen LogP contribution < -0.4 is 10.2 Å². The van der Waals surface area contributed by atoms with E-state index in [0.717, 1.165) is 30.9 Å². The van der Waals surface area contributed by atoms with Crippen molar-refractivity contribution in [2.75, 3.05) is 23.3 Å². The number of hydrogen-bond donors (Lipinski definition) is 1. The van der Waals surface area contributed by atoms with Gasteiger partial charge >= 0.3 is 0 Å². The van der Waals surface area contributed by atoms with E-state index in [1.165, 1.54) is 0 Å². The number of nitrogens with zero attached hydrogens (tertiary/aromatic N) is 1. The lowest BCUT2D eigenvalue weighted by Gasteiger charge is -2.28. The summed E-state index contributed by atoms with van der Waals surface area (Å²) in [6.07, 6.45) is 2.67. The smallest absolute Gasteiger partial charge is 0.224 e. The van der Waals surface area contributed by atoms with Crippen LogP contribution in [-0.4, -0.2) is 24.8 Å². The molecule has 0 atom stereocenters. The molecule has 1 amide bonds. The fraction of sp³-hybridized carbons (Fsp3) is 0.467. The molecule has 4 heteroatoms. The predicted octanol–water partition coefficient (Wildman–Crippen LogP) is 2.59. The highest BCUT2D eigenvalue weighted by molar-refractivity contribution is 5.90. The van der Waals surface area contributed by atoms with Crippen molar-refractivity contribution >= 4 is 23.1 Å². The van der Waals surface area contributed by atoms with Crippen molar-refractivity contribution in [3.05, 3.63) is 24.3 Å². The topological polar surface area (TPSA) is 49.4 Å². The van der Waals surface area contributed by atoms with Crippen LogP contribution in [0.4, 0.5) is 11.4 Å². The predicted molar refractivity (Wildman–Crippen MR) is 76.4 cm³/mol. The monoisotopic (exact) mass is 260 g/mol. The highest BCUT2D eigenvalue weighted by atomic mass is 16.1. The lowest BCUT2D eigenvalue weighted by molar-refractivity contribution is -0.119. The Kier molecular flexibility index (Phi) is 4.55. The summed E-state index contributed by atoms with van der Waals surface area (Å²) >= 11 is 0. The van der Waals surface area contributed by atoms with Crippen molar-refractivity contribution in [1.29, 1.82) is 0 Å². The number of amides is 1. The molecule has 102 valence electrons. The van der Waals surface area contributed by atoms with Gasteiger partial charge in [-0.1, -0.05) is 6.92 Å². The molecule has 0 aliphatic carbocycles. The third kappa shape index (κ3) is 3.81. The highest BCUT2D eigenvalue weighted by Gasteiger charge is 2.16. The summed E-state index contributed by atoms with van der Waals surface area (Å²) < 4.78 is 0. The summed E-state index contributed by atoms with van der Waals surface area (Å²) in [5, 5.41) is 2.87. The maximum absolute atomic E-state index is 11.5. The van der Waals surface area contributed by atoms with E-state index in [4.69, 9.17) is 0 Å². The Hall–Kier alpha value is -1.84. The van der Waals surface area contributed by atoms with Crippen molar-refractivity contribution in [3.8, 4) is 0 Å². The molecule has 1 heterocycles. The molecule has 1 N–H and O–H groups in total. The molecule has 0 spiro atoms. The van der Waals surface area contributed by atoms with E-state index < -0.39 is 0 Å². The van der Waals surface area contributed by atoms with Gasteiger partial charge in [-0.2, -0.15) is 0 Å². The Balaban J connectivity index is 1.94. The fourth-order valence-corrected chi connectivity index (χ4v) is 2.22. The molecule has 1 aliphatic rings. The van der Waals surface area contributed by atoms with Gasteiger partial charge in [0, 0.05) is 43.7 Å². The molecule has 1 aromatic rings. The molecule has 0 unspecified atom stereocenters. The lowest BCUT2D eigenvalue weighted by atomic mass is 10.1. The van der Waals surface area contributed by atoms with Crippen LogP contribution in [0.3, 0.4) is 0 Å². The first-order chi connectivity index (χ1) is 9.19. The maximum Gasteiger partial charge on any atom is 0.224 e. The summed E-state index contributed by atoms with van der Waals surface area (Å²) in [4.78, 5) is 24.9. The molecule has 0 saturated carbocycles. The number of carbonyl (C=O) groups excluding carboxylic acids is 2. The average Bonchev–Trinajstić information content (AvgIpc) is 2.41. The zero-order valence-electron chi connectivity index (χ0n) is 11.3. The number of benzene rings is 1. The Morgan fingerprint density at radius 1 is 1.21 bits per heavy atom. The van der Waals surface area contributed by atoms with E-state index in [1.54, 1.807) is 0 Å². The number of hydrogen-bond acceptors (Lipinski definition) is 3. The normalized spacial score (nSPS) is 15.4. The summed E-state index contributed by atoms with van der Waals surface area (Å²) in [5.41, 5.74) is 1.94. The van der Waals surface area contributed by atoms with E-state index in [9.17, 15) is 9.59 Å². The van der Waals surface area contributed by atoms with Crippen LogP contribution in [0.2, 0.25) is 0 Å². The Labute approximate surface area is 113 Å². The van der Waals surface area contributed by atoms with Crippen LogP contribution in [-0.2, 0) is 9.59 Å². The molecule has 0 bridgehead atoms. The van der Waals surface area contributed by atoms with Crippen molar-refractivity contribution < 1.29 is 9.59 Å². The number of rotatable bonds is 4. The molecule has 19 heavy (non-hydrogen) atoms. The molecule has 4 nitrogen and oxygen atoms in total. The van der Waals surface area contributed by atoms with Crippen LogP contribution in [0.1, 0.15) is 32.6 Å². The van der Waals surface area contributed by atoms with Crippen LogP contribution >= 0.6 is 0 Å². The molecule has 1 aliphatic heterocycles. The minimum absolute atomic E-state index is 0.0545. The zero-order chi connectivity index (χ0) is 13.7. The van der Waals surface area contributed by atoms with E-state index in [1.807, 2.05) is 31.2 Å². The fourth-order valence-electron chi connectivity index (χ4n) is 2.22. The molecule has 1 saturated heterocycles. The van der Waals surface area contributed by atoms with Crippen LogP contribution in [0.5, 0.6) is 0 Å². The standard InChI is InChI=1S/C15H20N2O2/c1-2-3-15(19)16-12-4-6-13(7-5-12)17-10-8-14(18)9-11-17/h4-7H,2-3,8-11H2,1H3,(H,16,19). The second kappa shape index (κ2) is 6.36. The number of Topliss-reactive ketones (excluding diaryl/α,β-unsaturated/α-hetero) is 1. The second-order valence-electron chi connectivity index (χ2n) is 4.87. The molecule has 2 rings (SSSR count). The number of ketones is 1. The van der Waals surface area contributed by atoms with E-state index in [0.29, 0.717) is 25.0 Å². The summed E-state index contributed by atoms with van der Waals surface area (Å²) in [5.74, 6) is 0.401. The second-order valence-corrected chi connectivity index (χ2v) is 4.87. The number of carbonyl (C=O) groups is 2. The highest BCUT2D eigenvalue weighted by Crippen LogP contribution is 2.21. The summed E-state index contributed by atoms with van der Waals surface area (Å²) in [7, 11) is 0. The maximum atomic E-state index is 11.5. The van der Waals surface area contributed by atoms with Crippen LogP contribution in [0, 0.1) is 0 Å². The van der Waals surface area contributed by atoms with E-state index >= 15 is 0 Å². The minimum atomic E-state index is 0.0545. The zero-order valence-corrected chi connectivity index (χ0v) is 11.3. The van der Waals surface area contributed by atoms with Crippen molar-refractivity contribution in [2.24, 2.45) is 0 Å². The van der Waals surface area contributed by atoms with Gasteiger partial charge in [0.15, 0.2) is 0 Å². The van der Waals surface area contributed by atoms with Gasteiger partial charge in [-0.15, -0.1) is 0 Å². The van der Waals surface area contributed by atoms with Gasteiger partial charge in [0.2, 0.25) is 5.91 Å². The third-order valence-corrected chi connectivity index (χ3v) is 3.31. The minimum Gasteiger partial charge on any atom is -0.371 e. The van der Waals surface area contributed by atoms with E-state index in [-0.39, 0.29) is 5.91 Å². The number of piperidine rings is 1. The van der Waals surface area contributed by atoms with Gasteiger partial charge in [0.1, 0.15) is 5.78 Å². The van der Waals surface area contributed by atoms with Crippen LogP contribution in [0.25, 0.3) is 0 Å². The molecular weight excluding hydrogens is 240 g/mol. The van der Waals surface area contributed by atoms with Crippen LogP contribution in [0.15, 0.2) is 24.3 Å². The van der Waals surface area contributed by atoms with Gasteiger partial charge < -0.3 is 10.2 Å². The Bertz CT molecular complexity index is 444. The van der Waals surface area contributed by atoms with Gasteiger partial charge in [-0.3, -0.25) is 9.59 Å². The first-order valence-electron chi connectivity index (χ1n) is 6.85. The van der Waals surface area contributed by atoms with E-state index in [2.05, 4.69) is 10.2 Å². The Morgan fingerprint density at radius 3 is 2.42 bits per heavy atom. The summed E-state index contributed by atoms with van der Waals surface area (Å²) in [6, 6.07) is 7.83. The number of nitrogens with one attached hydrogen (secondary N) is 1. The largest absolute Gasteiger partial charge is 0.371 e. The molecular formula is C15H20N2O2. The molecule has 0 aromatic heterocycles. The molecule has 0 radical (unpaired) electrons. The molecule has 1 aromatic carbocycles. The Morgan fingerprint density at radius 2 is 1.84 bits per heavy atom. The van der Waals surface area contributed by atoms with Gasteiger partial charge in [0.25, 0.3) is 0 Å². The van der Waals surface area contributed by atoms with Crippen molar-refractivity contribution in [3.63, 3.8) is 0 Å². The number of anilines is 2. The molecule has 1 fully saturated rings. The first kappa shape index (κ1) is 13.6. The SMILES string of the molecule is CCCC(=O)Nc1ccc(N2CCC(=O)CC2)cc1. The average molecular weight is 260 g/mol.